The van der Waals surface area contributed by atoms with E-state index in [4.69, 9.17) is 9.97 Å². The molecule has 1 aromatic carbocycles. The summed E-state index contributed by atoms with van der Waals surface area (Å²) < 4.78 is 0. The molecule has 5 nitrogen and oxygen atoms in total. The van der Waals surface area contributed by atoms with Gasteiger partial charge in [0.2, 0.25) is 0 Å². The summed E-state index contributed by atoms with van der Waals surface area (Å²) in [7, 11) is 0. The Bertz CT molecular complexity index is 877. The first-order valence-corrected chi connectivity index (χ1v) is 8.60. The minimum Gasteiger partial charge on any atom is -0.366 e. The number of hydrogen-bond acceptors (Lipinski definition) is 5. The number of aromatic nitrogens is 3. The van der Waals surface area contributed by atoms with Crippen molar-refractivity contribution in [1.82, 2.24) is 20.3 Å². The van der Waals surface area contributed by atoms with E-state index in [-0.39, 0.29) is 0 Å². The maximum atomic E-state index is 4.82. The fourth-order valence-corrected chi connectivity index (χ4v) is 3.12. The summed E-state index contributed by atoms with van der Waals surface area (Å²) >= 11 is 0. The van der Waals surface area contributed by atoms with Crippen molar-refractivity contribution >= 4 is 5.82 Å². The first-order valence-electron chi connectivity index (χ1n) is 8.60. The molecule has 1 aliphatic heterocycles. The van der Waals surface area contributed by atoms with Crippen molar-refractivity contribution in [2.24, 2.45) is 0 Å². The Balaban J connectivity index is 1.69. The van der Waals surface area contributed by atoms with Crippen LogP contribution in [0.4, 0.5) is 5.82 Å². The number of nitrogens with zero attached hydrogens (tertiary/aromatic N) is 3. The van der Waals surface area contributed by atoms with Crippen molar-refractivity contribution in [3.05, 3.63) is 71.2 Å². The SMILES string of the molecule is Cc1ccccc1CNc1nc(-c2ccncc2)nc2c1CCNC2. The lowest BCUT2D eigenvalue weighted by Crippen LogP contribution is -2.26. The molecular weight excluding hydrogens is 310 g/mol. The summed E-state index contributed by atoms with van der Waals surface area (Å²) in [4.78, 5) is 13.7. The van der Waals surface area contributed by atoms with Crippen LogP contribution in [0.5, 0.6) is 0 Å². The van der Waals surface area contributed by atoms with Gasteiger partial charge in [0.15, 0.2) is 5.82 Å². The lowest BCUT2D eigenvalue weighted by molar-refractivity contribution is 0.625. The van der Waals surface area contributed by atoms with Crippen LogP contribution in [0.25, 0.3) is 11.4 Å². The van der Waals surface area contributed by atoms with E-state index in [2.05, 4.69) is 46.8 Å². The molecule has 25 heavy (non-hydrogen) atoms. The molecule has 5 heteroatoms. The van der Waals surface area contributed by atoms with Gasteiger partial charge in [0.05, 0.1) is 5.69 Å². The topological polar surface area (TPSA) is 62.7 Å². The monoisotopic (exact) mass is 331 g/mol. The molecule has 0 bridgehead atoms. The normalized spacial score (nSPS) is 13.3. The minimum absolute atomic E-state index is 0.747. The molecule has 0 amide bonds. The summed E-state index contributed by atoms with van der Waals surface area (Å²) in [5, 5.41) is 6.94. The third-order valence-electron chi connectivity index (χ3n) is 4.58. The van der Waals surface area contributed by atoms with E-state index in [0.717, 1.165) is 49.0 Å². The van der Waals surface area contributed by atoms with Crippen molar-refractivity contribution in [1.29, 1.82) is 0 Å². The Morgan fingerprint density at radius 3 is 2.76 bits per heavy atom. The number of rotatable bonds is 4. The van der Waals surface area contributed by atoms with E-state index in [9.17, 15) is 0 Å². The molecule has 3 aromatic rings. The molecule has 0 unspecified atom stereocenters. The molecule has 0 saturated carbocycles. The van der Waals surface area contributed by atoms with Crippen LogP contribution in [0.2, 0.25) is 0 Å². The van der Waals surface area contributed by atoms with Gasteiger partial charge in [-0.2, -0.15) is 0 Å². The molecule has 0 atom stereocenters. The maximum Gasteiger partial charge on any atom is 0.161 e. The summed E-state index contributed by atoms with van der Waals surface area (Å²) in [5.74, 6) is 1.69. The molecule has 0 radical (unpaired) electrons. The Morgan fingerprint density at radius 1 is 1.08 bits per heavy atom. The molecule has 0 fully saturated rings. The fourth-order valence-electron chi connectivity index (χ4n) is 3.12. The summed E-state index contributed by atoms with van der Waals surface area (Å²) in [6.45, 7) is 4.65. The van der Waals surface area contributed by atoms with Crippen molar-refractivity contribution in [2.45, 2.75) is 26.4 Å². The van der Waals surface area contributed by atoms with E-state index in [1.807, 2.05) is 12.1 Å². The molecule has 0 aliphatic carbocycles. The van der Waals surface area contributed by atoms with Crippen LogP contribution in [0, 0.1) is 6.92 Å². The highest BCUT2D eigenvalue weighted by Crippen LogP contribution is 2.25. The van der Waals surface area contributed by atoms with Crippen molar-refractivity contribution in [3.8, 4) is 11.4 Å². The van der Waals surface area contributed by atoms with Crippen LogP contribution in [0.15, 0.2) is 48.8 Å². The quantitative estimate of drug-likeness (QED) is 0.769. The molecule has 2 N–H and O–H groups in total. The average Bonchev–Trinajstić information content (AvgIpc) is 2.67. The highest BCUT2D eigenvalue weighted by atomic mass is 15.1. The average molecular weight is 331 g/mol. The maximum absolute atomic E-state index is 4.82. The van der Waals surface area contributed by atoms with Gasteiger partial charge in [-0.05, 0) is 43.1 Å². The van der Waals surface area contributed by atoms with Crippen LogP contribution in [0.3, 0.4) is 0 Å². The molecule has 4 rings (SSSR count). The Morgan fingerprint density at radius 2 is 1.92 bits per heavy atom. The number of benzene rings is 1. The van der Waals surface area contributed by atoms with Crippen LogP contribution < -0.4 is 10.6 Å². The minimum atomic E-state index is 0.747. The Hall–Kier alpha value is -2.79. The Kier molecular flexibility index (Phi) is 4.39. The van der Waals surface area contributed by atoms with Gasteiger partial charge in [-0.3, -0.25) is 4.98 Å². The summed E-state index contributed by atoms with van der Waals surface area (Å²) in [6, 6.07) is 12.3. The third kappa shape index (κ3) is 3.37. The van der Waals surface area contributed by atoms with Gasteiger partial charge in [0.25, 0.3) is 0 Å². The zero-order valence-electron chi connectivity index (χ0n) is 14.3. The van der Waals surface area contributed by atoms with Crippen molar-refractivity contribution in [3.63, 3.8) is 0 Å². The van der Waals surface area contributed by atoms with Gasteiger partial charge in [0.1, 0.15) is 5.82 Å². The molecule has 0 saturated heterocycles. The van der Waals surface area contributed by atoms with Crippen molar-refractivity contribution < 1.29 is 0 Å². The lowest BCUT2D eigenvalue weighted by Gasteiger charge is -2.21. The Labute approximate surface area is 147 Å². The molecule has 1 aliphatic rings. The second kappa shape index (κ2) is 6.99. The first kappa shape index (κ1) is 15.7. The molecular formula is C20H21N5. The van der Waals surface area contributed by atoms with E-state index >= 15 is 0 Å². The summed E-state index contributed by atoms with van der Waals surface area (Å²) in [5.41, 5.74) is 5.87. The molecule has 3 heterocycles. The van der Waals surface area contributed by atoms with E-state index in [0.29, 0.717) is 0 Å². The standard InChI is InChI=1S/C20H21N5/c1-14-4-2-3-5-16(14)12-23-20-17-8-11-22-13-18(17)24-19(25-20)15-6-9-21-10-7-15/h2-7,9-10,22H,8,11-13H2,1H3,(H,23,24,25). The van der Waals surface area contributed by atoms with Crippen LogP contribution in [-0.4, -0.2) is 21.5 Å². The highest BCUT2D eigenvalue weighted by molar-refractivity contribution is 5.60. The number of hydrogen-bond donors (Lipinski definition) is 2. The molecule has 126 valence electrons. The smallest absolute Gasteiger partial charge is 0.161 e. The van der Waals surface area contributed by atoms with Gasteiger partial charge in [-0.25, -0.2) is 9.97 Å². The number of fused-ring (bicyclic) bond motifs is 1. The van der Waals surface area contributed by atoms with E-state index in [1.165, 1.54) is 16.7 Å². The number of anilines is 1. The summed E-state index contributed by atoms with van der Waals surface area (Å²) in [6.07, 6.45) is 4.50. The van der Waals surface area contributed by atoms with Gasteiger partial charge < -0.3 is 10.6 Å². The van der Waals surface area contributed by atoms with Gasteiger partial charge in [-0.15, -0.1) is 0 Å². The van der Waals surface area contributed by atoms with E-state index in [1.54, 1.807) is 12.4 Å². The number of nitrogens with one attached hydrogen (secondary N) is 2. The van der Waals surface area contributed by atoms with Crippen molar-refractivity contribution in [2.75, 3.05) is 11.9 Å². The number of aryl methyl sites for hydroxylation is 1. The number of pyridine rings is 1. The largest absolute Gasteiger partial charge is 0.366 e. The lowest BCUT2D eigenvalue weighted by atomic mass is 10.1. The van der Waals surface area contributed by atoms with Crippen LogP contribution in [0.1, 0.15) is 22.4 Å². The molecule has 2 aromatic heterocycles. The predicted octanol–water partition coefficient (Wildman–Crippen LogP) is 3.10. The zero-order chi connectivity index (χ0) is 17.1. The van der Waals surface area contributed by atoms with Gasteiger partial charge >= 0.3 is 0 Å². The van der Waals surface area contributed by atoms with Gasteiger partial charge in [-0.1, -0.05) is 24.3 Å². The van der Waals surface area contributed by atoms with Crippen LogP contribution >= 0.6 is 0 Å². The first-order chi connectivity index (χ1) is 12.3. The second-order valence-electron chi connectivity index (χ2n) is 6.26. The highest BCUT2D eigenvalue weighted by Gasteiger charge is 2.18. The van der Waals surface area contributed by atoms with E-state index < -0.39 is 0 Å². The second-order valence-corrected chi connectivity index (χ2v) is 6.26. The third-order valence-corrected chi connectivity index (χ3v) is 4.58. The molecule has 0 spiro atoms. The van der Waals surface area contributed by atoms with Crippen LogP contribution in [-0.2, 0) is 19.5 Å². The zero-order valence-corrected chi connectivity index (χ0v) is 14.3. The van der Waals surface area contributed by atoms with Gasteiger partial charge in [0, 0.05) is 36.6 Å². The fraction of sp³-hybridized carbons (Fsp3) is 0.250. The predicted molar refractivity (Wildman–Crippen MR) is 99.2 cm³/mol.